The lowest BCUT2D eigenvalue weighted by Gasteiger charge is -2.27. The maximum atomic E-state index is 12.2. The molecule has 0 saturated heterocycles. The lowest BCUT2D eigenvalue weighted by atomic mass is 10.1. The number of amides is 1. The van der Waals surface area contributed by atoms with Crippen molar-refractivity contribution < 1.29 is 9.90 Å². The topological polar surface area (TPSA) is 40.5 Å². The number of carbonyl (C=O) groups excluding carboxylic acids is 1. The van der Waals surface area contributed by atoms with Gasteiger partial charge in [-0.2, -0.15) is 0 Å². The van der Waals surface area contributed by atoms with E-state index < -0.39 is 5.60 Å². The third-order valence-electron chi connectivity index (χ3n) is 2.47. The van der Waals surface area contributed by atoms with Crippen LogP contribution in [0.1, 0.15) is 20.8 Å². The summed E-state index contributed by atoms with van der Waals surface area (Å²) < 4.78 is 0. The number of nitrogens with zero attached hydrogens (tertiary/aromatic N) is 1. The Morgan fingerprint density at radius 3 is 2.42 bits per heavy atom. The fourth-order valence-corrected chi connectivity index (χ4v) is 2.84. The summed E-state index contributed by atoms with van der Waals surface area (Å²) in [5, 5.41) is 10.2. The summed E-state index contributed by atoms with van der Waals surface area (Å²) in [6, 6.07) is 7.41. The molecule has 1 N–H and O–H groups in total. The number of hydrogen-bond acceptors (Lipinski definition) is 3. The maximum absolute atomic E-state index is 12.2. The van der Waals surface area contributed by atoms with Gasteiger partial charge < -0.3 is 10.0 Å². The number of thioether (sulfide) groups is 1. The van der Waals surface area contributed by atoms with Crippen LogP contribution in [0, 0.1) is 0 Å². The number of rotatable bonds is 5. The molecule has 1 amide bonds. The quantitative estimate of drug-likeness (QED) is 0.850. The molecule has 1 aromatic rings. The zero-order chi connectivity index (χ0) is 14.6. The summed E-state index contributed by atoms with van der Waals surface area (Å²) >= 11 is 7.30. The number of likely N-dealkylation sites (N-methyl/N-ethyl adjacent to an activating group) is 1. The largest absolute Gasteiger partial charge is 0.389 e. The second-order valence-corrected chi connectivity index (χ2v) is 7.07. The average molecular weight is 302 g/mol. The zero-order valence-corrected chi connectivity index (χ0v) is 13.3. The van der Waals surface area contributed by atoms with Crippen LogP contribution >= 0.6 is 23.4 Å². The molecule has 0 aromatic heterocycles. The average Bonchev–Trinajstić information content (AvgIpc) is 2.28. The lowest BCUT2D eigenvalue weighted by Crippen LogP contribution is -2.42. The van der Waals surface area contributed by atoms with Crippen LogP contribution < -0.4 is 0 Å². The van der Waals surface area contributed by atoms with Crippen LogP contribution in [-0.2, 0) is 4.79 Å². The van der Waals surface area contributed by atoms with Gasteiger partial charge in [-0.25, -0.2) is 0 Å². The van der Waals surface area contributed by atoms with Gasteiger partial charge in [0.2, 0.25) is 5.91 Å². The van der Waals surface area contributed by atoms with E-state index in [-0.39, 0.29) is 11.2 Å². The summed E-state index contributed by atoms with van der Waals surface area (Å²) in [6.45, 7) is 5.56. The molecule has 19 heavy (non-hydrogen) atoms. The van der Waals surface area contributed by atoms with Gasteiger partial charge >= 0.3 is 0 Å². The molecule has 5 heteroatoms. The molecule has 3 nitrogen and oxygen atoms in total. The van der Waals surface area contributed by atoms with Crippen LogP contribution in [0.3, 0.4) is 0 Å². The van der Waals surface area contributed by atoms with Gasteiger partial charge in [0, 0.05) is 23.5 Å². The summed E-state index contributed by atoms with van der Waals surface area (Å²) in [6.07, 6.45) is 0. The summed E-state index contributed by atoms with van der Waals surface area (Å²) in [7, 11) is 1.71. The van der Waals surface area contributed by atoms with E-state index in [4.69, 9.17) is 11.6 Å². The van der Waals surface area contributed by atoms with Gasteiger partial charge in [0.05, 0.1) is 10.9 Å². The molecule has 0 saturated carbocycles. The molecular weight excluding hydrogens is 282 g/mol. The minimum absolute atomic E-state index is 0.00192. The summed E-state index contributed by atoms with van der Waals surface area (Å²) in [4.78, 5) is 14.7. The zero-order valence-electron chi connectivity index (χ0n) is 11.7. The van der Waals surface area contributed by atoms with Crippen molar-refractivity contribution in [2.75, 3.05) is 13.6 Å². The molecule has 0 aliphatic heterocycles. The normalized spacial score (nSPS) is 13.2. The smallest absolute Gasteiger partial charge is 0.235 e. The molecule has 0 bridgehead atoms. The van der Waals surface area contributed by atoms with Crippen molar-refractivity contribution in [1.29, 1.82) is 0 Å². The van der Waals surface area contributed by atoms with Crippen molar-refractivity contribution in [3.05, 3.63) is 29.3 Å². The Morgan fingerprint density at radius 2 is 1.95 bits per heavy atom. The molecule has 0 aliphatic rings. The minimum atomic E-state index is -0.880. The molecule has 1 rings (SSSR count). The molecule has 1 unspecified atom stereocenters. The second kappa shape index (κ2) is 6.64. The van der Waals surface area contributed by atoms with E-state index >= 15 is 0 Å². The molecule has 1 aromatic carbocycles. The van der Waals surface area contributed by atoms with Crippen molar-refractivity contribution in [3.63, 3.8) is 0 Å². The van der Waals surface area contributed by atoms with Crippen LogP contribution in [0.2, 0.25) is 5.02 Å². The van der Waals surface area contributed by atoms with Gasteiger partial charge in [0.1, 0.15) is 0 Å². The predicted molar refractivity (Wildman–Crippen MR) is 80.7 cm³/mol. The first-order chi connectivity index (χ1) is 8.69. The molecule has 1 atom stereocenters. The van der Waals surface area contributed by atoms with Gasteiger partial charge in [0.25, 0.3) is 0 Å². The number of hydrogen-bond donors (Lipinski definition) is 1. The third-order valence-corrected chi connectivity index (χ3v) is 3.83. The van der Waals surface area contributed by atoms with E-state index in [2.05, 4.69) is 0 Å². The van der Waals surface area contributed by atoms with Crippen LogP contribution in [-0.4, -0.2) is 40.4 Å². The molecular formula is C14H20ClNO2S. The highest BCUT2D eigenvalue weighted by Crippen LogP contribution is 2.25. The Balaban J connectivity index is 2.59. The number of halogens is 1. The lowest BCUT2D eigenvalue weighted by molar-refractivity contribution is -0.131. The van der Waals surface area contributed by atoms with E-state index in [0.717, 1.165) is 4.90 Å². The number of aliphatic hydroxyl groups is 1. The van der Waals surface area contributed by atoms with Gasteiger partial charge in [-0.3, -0.25) is 4.79 Å². The molecule has 0 aliphatic carbocycles. The van der Waals surface area contributed by atoms with E-state index in [1.165, 1.54) is 11.8 Å². The van der Waals surface area contributed by atoms with E-state index in [1.54, 1.807) is 25.8 Å². The molecule has 0 spiro atoms. The van der Waals surface area contributed by atoms with Crippen LogP contribution in [0.25, 0.3) is 0 Å². The molecule has 0 heterocycles. The SMILES string of the molecule is CC(Sc1ccc(Cl)cc1)C(=O)N(C)CC(C)(C)O. The van der Waals surface area contributed by atoms with Crippen molar-refractivity contribution in [2.24, 2.45) is 0 Å². The van der Waals surface area contributed by atoms with E-state index in [0.29, 0.717) is 11.6 Å². The van der Waals surface area contributed by atoms with Gasteiger partial charge in [-0.1, -0.05) is 11.6 Å². The minimum Gasteiger partial charge on any atom is -0.389 e. The highest BCUT2D eigenvalue weighted by Gasteiger charge is 2.23. The Labute approximate surface area is 123 Å². The first-order valence-corrected chi connectivity index (χ1v) is 7.34. The highest BCUT2D eigenvalue weighted by molar-refractivity contribution is 8.00. The van der Waals surface area contributed by atoms with Crippen LogP contribution in [0.4, 0.5) is 0 Å². The van der Waals surface area contributed by atoms with Crippen LogP contribution in [0.5, 0.6) is 0 Å². The number of carbonyl (C=O) groups is 1. The first-order valence-electron chi connectivity index (χ1n) is 6.08. The van der Waals surface area contributed by atoms with E-state index in [9.17, 15) is 9.90 Å². The molecule has 0 radical (unpaired) electrons. The van der Waals surface area contributed by atoms with Crippen LogP contribution in [0.15, 0.2) is 29.2 Å². The van der Waals surface area contributed by atoms with Crippen molar-refractivity contribution in [2.45, 2.75) is 36.5 Å². The monoisotopic (exact) mass is 301 g/mol. The Morgan fingerprint density at radius 1 is 1.42 bits per heavy atom. The fourth-order valence-electron chi connectivity index (χ4n) is 1.74. The Bertz CT molecular complexity index is 428. The summed E-state index contributed by atoms with van der Waals surface area (Å²) in [5.41, 5.74) is -0.880. The van der Waals surface area contributed by atoms with Gasteiger partial charge in [-0.05, 0) is 45.0 Å². The molecule has 0 fully saturated rings. The second-order valence-electron chi connectivity index (χ2n) is 5.22. The Kier molecular flexibility index (Phi) is 5.71. The highest BCUT2D eigenvalue weighted by atomic mass is 35.5. The van der Waals surface area contributed by atoms with Crippen molar-refractivity contribution in [1.82, 2.24) is 4.90 Å². The standard InChI is InChI=1S/C14H20ClNO2S/c1-10(13(17)16(4)9-14(2,3)18)19-12-7-5-11(15)6-8-12/h5-8,10,18H,9H2,1-4H3. The van der Waals surface area contributed by atoms with Gasteiger partial charge in [-0.15, -0.1) is 11.8 Å². The maximum Gasteiger partial charge on any atom is 0.235 e. The van der Waals surface area contributed by atoms with E-state index in [1.807, 2.05) is 31.2 Å². The Hall–Kier alpha value is -0.710. The fraction of sp³-hybridized carbons (Fsp3) is 0.500. The van der Waals surface area contributed by atoms with Crippen molar-refractivity contribution >= 4 is 29.3 Å². The van der Waals surface area contributed by atoms with Crippen molar-refractivity contribution in [3.8, 4) is 0 Å². The van der Waals surface area contributed by atoms with Gasteiger partial charge in [0.15, 0.2) is 0 Å². The molecule has 106 valence electrons. The first kappa shape index (κ1) is 16.3. The number of benzene rings is 1. The predicted octanol–water partition coefficient (Wildman–Crippen LogP) is 3.05. The summed E-state index contributed by atoms with van der Waals surface area (Å²) in [5.74, 6) is 0.00192. The third kappa shape index (κ3) is 5.85.